The van der Waals surface area contributed by atoms with Crippen molar-refractivity contribution in [2.24, 2.45) is 5.73 Å². The smallest absolute Gasteiger partial charge is 0.462 e. The number of hydrogen-bond donors (Lipinski definition) is 2. The lowest BCUT2D eigenvalue weighted by Crippen LogP contribution is -2.29. The number of nitrogens with two attached hydrogens (primary N) is 1. The Kier molecular flexibility index (Phi) is 38.1. The largest absolute Gasteiger partial charge is 0.472 e. The molecule has 0 saturated carbocycles. The maximum Gasteiger partial charge on any atom is 0.472 e. The highest BCUT2D eigenvalue weighted by Crippen LogP contribution is 2.43. The number of rotatable bonds is 39. The fourth-order valence-corrected chi connectivity index (χ4v) is 6.33. The number of ether oxygens (including phenoxy) is 2. The van der Waals surface area contributed by atoms with Crippen LogP contribution in [0.5, 0.6) is 0 Å². The second kappa shape index (κ2) is 39.7. The molecule has 10 heteroatoms. The van der Waals surface area contributed by atoms with Gasteiger partial charge in [-0.2, -0.15) is 0 Å². The minimum atomic E-state index is -4.39. The van der Waals surface area contributed by atoms with E-state index in [4.69, 9.17) is 24.3 Å². The van der Waals surface area contributed by atoms with E-state index in [0.717, 1.165) is 38.5 Å². The Hall–Kier alpha value is -2.03. The van der Waals surface area contributed by atoms with Crippen LogP contribution in [-0.4, -0.2) is 49.3 Å². The second-order valence-electron chi connectivity index (χ2n) is 13.9. The molecule has 0 rings (SSSR count). The number of phosphoric ester groups is 1. The van der Waals surface area contributed by atoms with E-state index >= 15 is 0 Å². The van der Waals surface area contributed by atoms with Crippen LogP contribution in [0.3, 0.4) is 0 Å². The summed E-state index contributed by atoms with van der Waals surface area (Å²) in [5, 5.41) is 0. The Bertz CT molecular complexity index is 1010. The van der Waals surface area contributed by atoms with Crippen LogP contribution in [0.1, 0.15) is 181 Å². The lowest BCUT2D eigenvalue weighted by Gasteiger charge is -2.19. The highest BCUT2D eigenvalue weighted by molar-refractivity contribution is 7.47. The zero-order valence-corrected chi connectivity index (χ0v) is 34.6. The van der Waals surface area contributed by atoms with E-state index in [1.807, 2.05) is 6.08 Å². The molecule has 0 heterocycles. The summed E-state index contributed by atoms with van der Waals surface area (Å²) in [6, 6.07) is 0. The molecule has 308 valence electrons. The molecule has 3 N–H and O–H groups in total. The summed E-state index contributed by atoms with van der Waals surface area (Å²) in [7, 11) is -4.39. The standard InChI is InChI=1S/C43H78NO8P/c1-3-5-7-9-11-13-15-17-19-20-22-24-26-28-30-32-34-36-43(46)52-41(40-51-53(47,48)50-38-37-44)39-49-42(45)35-33-31-29-27-25-23-21-18-16-14-12-10-8-6-4-2/h11,13,17,19,22,24,28,30,41H,3-10,12,14-16,18,20-21,23,25-27,29,31-40,44H2,1-2H3,(H,47,48)/b13-11-,19-17+,24-22-,30-28-/t41-/m1/s1. The van der Waals surface area contributed by atoms with Gasteiger partial charge >= 0.3 is 19.8 Å². The van der Waals surface area contributed by atoms with Crippen LogP contribution in [0.4, 0.5) is 0 Å². The van der Waals surface area contributed by atoms with Crippen LogP contribution in [-0.2, 0) is 32.7 Å². The number of unbranched alkanes of at least 4 members (excludes halogenated alkanes) is 18. The molecule has 9 nitrogen and oxygen atoms in total. The first-order valence-corrected chi connectivity index (χ1v) is 22.6. The van der Waals surface area contributed by atoms with Crippen molar-refractivity contribution in [2.75, 3.05) is 26.4 Å². The molecule has 0 aliphatic carbocycles. The Morgan fingerprint density at radius 1 is 0.566 bits per heavy atom. The minimum Gasteiger partial charge on any atom is -0.462 e. The molecule has 0 aliphatic rings. The van der Waals surface area contributed by atoms with Crippen LogP contribution in [0.2, 0.25) is 0 Å². The Labute approximate surface area is 324 Å². The quantitative estimate of drug-likeness (QED) is 0.0271. The predicted molar refractivity (Wildman–Crippen MR) is 220 cm³/mol. The molecule has 2 atom stereocenters. The molecule has 0 aliphatic heterocycles. The summed E-state index contributed by atoms with van der Waals surface area (Å²) in [6.07, 6.45) is 44.3. The Morgan fingerprint density at radius 3 is 1.51 bits per heavy atom. The van der Waals surface area contributed by atoms with Gasteiger partial charge in [0.2, 0.25) is 0 Å². The molecule has 0 aromatic carbocycles. The van der Waals surface area contributed by atoms with E-state index < -0.39 is 32.5 Å². The summed E-state index contributed by atoms with van der Waals surface area (Å²) >= 11 is 0. The SMILES string of the molecule is CCCCC/C=C\C/C=C/C/C=C\C/C=C\CCCC(=O)O[C@H](COC(=O)CCCCCCCCCCCCCCCCC)COP(=O)(O)OCCN. The van der Waals surface area contributed by atoms with Crippen LogP contribution in [0.15, 0.2) is 48.6 Å². The van der Waals surface area contributed by atoms with Gasteiger partial charge in [0.05, 0.1) is 13.2 Å². The monoisotopic (exact) mass is 768 g/mol. The third-order valence-electron chi connectivity index (χ3n) is 8.72. The summed E-state index contributed by atoms with van der Waals surface area (Å²) in [5.74, 6) is -0.892. The van der Waals surface area contributed by atoms with E-state index in [1.165, 1.54) is 103 Å². The summed E-state index contributed by atoms with van der Waals surface area (Å²) in [6.45, 7) is 3.64. The lowest BCUT2D eigenvalue weighted by molar-refractivity contribution is -0.161. The van der Waals surface area contributed by atoms with Gasteiger partial charge in [0.15, 0.2) is 6.10 Å². The van der Waals surface area contributed by atoms with Crippen molar-refractivity contribution < 1.29 is 37.6 Å². The Balaban J connectivity index is 4.26. The fraction of sp³-hybridized carbons (Fsp3) is 0.767. The zero-order valence-electron chi connectivity index (χ0n) is 33.7. The van der Waals surface area contributed by atoms with Crippen molar-refractivity contribution in [1.82, 2.24) is 0 Å². The van der Waals surface area contributed by atoms with E-state index in [-0.39, 0.29) is 32.6 Å². The van der Waals surface area contributed by atoms with Gasteiger partial charge in [0.25, 0.3) is 0 Å². The van der Waals surface area contributed by atoms with Crippen LogP contribution >= 0.6 is 7.82 Å². The molecule has 0 spiro atoms. The van der Waals surface area contributed by atoms with Crippen molar-refractivity contribution >= 4 is 19.8 Å². The maximum absolute atomic E-state index is 12.5. The van der Waals surface area contributed by atoms with Crippen LogP contribution in [0.25, 0.3) is 0 Å². The minimum absolute atomic E-state index is 0.0443. The van der Waals surface area contributed by atoms with Crippen molar-refractivity contribution in [2.45, 2.75) is 187 Å². The van der Waals surface area contributed by atoms with E-state index in [0.29, 0.717) is 12.8 Å². The highest BCUT2D eigenvalue weighted by Gasteiger charge is 2.25. The third-order valence-corrected chi connectivity index (χ3v) is 9.70. The second-order valence-corrected chi connectivity index (χ2v) is 15.3. The lowest BCUT2D eigenvalue weighted by atomic mass is 10.0. The van der Waals surface area contributed by atoms with Crippen LogP contribution in [0, 0.1) is 0 Å². The molecule has 0 bridgehead atoms. The summed E-state index contributed by atoms with van der Waals surface area (Å²) < 4.78 is 32.7. The number of esters is 2. The van der Waals surface area contributed by atoms with Gasteiger partial charge in [0, 0.05) is 19.4 Å². The van der Waals surface area contributed by atoms with Crippen molar-refractivity contribution in [1.29, 1.82) is 0 Å². The van der Waals surface area contributed by atoms with Gasteiger partial charge in [-0.3, -0.25) is 18.6 Å². The van der Waals surface area contributed by atoms with E-state index in [2.05, 4.69) is 56.4 Å². The number of carbonyl (C=O) groups excluding carboxylic acids is 2. The van der Waals surface area contributed by atoms with Gasteiger partial charge in [-0.15, -0.1) is 0 Å². The fourth-order valence-electron chi connectivity index (χ4n) is 5.57. The van der Waals surface area contributed by atoms with Gasteiger partial charge < -0.3 is 20.1 Å². The first kappa shape index (κ1) is 51.0. The van der Waals surface area contributed by atoms with Gasteiger partial charge in [0.1, 0.15) is 6.61 Å². The first-order chi connectivity index (χ1) is 25.8. The topological polar surface area (TPSA) is 134 Å². The van der Waals surface area contributed by atoms with Gasteiger partial charge in [-0.25, -0.2) is 4.57 Å². The molecular formula is C43H78NO8P. The average Bonchev–Trinajstić information content (AvgIpc) is 3.14. The molecule has 0 aromatic rings. The van der Waals surface area contributed by atoms with Crippen molar-refractivity contribution in [3.63, 3.8) is 0 Å². The molecule has 0 saturated heterocycles. The molecule has 1 unspecified atom stereocenters. The average molecular weight is 768 g/mol. The number of allylic oxidation sites excluding steroid dienone is 8. The van der Waals surface area contributed by atoms with Gasteiger partial charge in [-0.05, 0) is 51.4 Å². The number of hydrogen-bond acceptors (Lipinski definition) is 8. The molecule has 0 amide bonds. The molecule has 0 fully saturated rings. The van der Waals surface area contributed by atoms with Crippen molar-refractivity contribution in [3.05, 3.63) is 48.6 Å². The number of phosphoric acid groups is 1. The normalized spacial score (nSPS) is 13.8. The van der Waals surface area contributed by atoms with Gasteiger partial charge in [-0.1, -0.05) is 165 Å². The Morgan fingerprint density at radius 2 is 1.00 bits per heavy atom. The molecule has 0 aromatic heterocycles. The van der Waals surface area contributed by atoms with E-state index in [1.54, 1.807) is 0 Å². The number of carbonyl (C=O) groups is 2. The maximum atomic E-state index is 12.5. The molecule has 0 radical (unpaired) electrons. The first-order valence-electron chi connectivity index (χ1n) is 21.1. The van der Waals surface area contributed by atoms with Crippen molar-refractivity contribution in [3.8, 4) is 0 Å². The summed E-state index contributed by atoms with van der Waals surface area (Å²) in [4.78, 5) is 34.8. The molecule has 53 heavy (non-hydrogen) atoms. The predicted octanol–water partition coefficient (Wildman–Crippen LogP) is 11.9. The molecular weight excluding hydrogens is 689 g/mol. The summed E-state index contributed by atoms with van der Waals surface area (Å²) in [5.41, 5.74) is 5.34. The van der Waals surface area contributed by atoms with Crippen LogP contribution < -0.4 is 5.73 Å². The third kappa shape index (κ3) is 39.5. The highest BCUT2D eigenvalue weighted by atomic mass is 31.2. The zero-order chi connectivity index (χ0) is 38.9. The van der Waals surface area contributed by atoms with E-state index in [9.17, 15) is 19.0 Å².